The number of imide groups is 2. The summed E-state index contributed by atoms with van der Waals surface area (Å²) in [6.45, 7) is 6.47. The van der Waals surface area contributed by atoms with Gasteiger partial charge in [0.25, 0.3) is 23.3 Å². The van der Waals surface area contributed by atoms with Gasteiger partial charge in [0, 0.05) is 62.2 Å². The number of aromatic nitrogens is 3. The number of likely N-dealkylation sites (N-methyl/N-ethyl adjacent to an activating group) is 1. The highest BCUT2D eigenvalue weighted by molar-refractivity contribution is 6.33. The average molecular weight is 852 g/mol. The number of hydrogen-bond acceptors (Lipinski definition) is 13. The van der Waals surface area contributed by atoms with Crippen LogP contribution in [-0.2, 0) is 19.1 Å². The zero-order valence-electron chi connectivity index (χ0n) is 34.0. The molecule has 0 bridgehead atoms. The summed E-state index contributed by atoms with van der Waals surface area (Å²) in [6, 6.07) is 11.3. The minimum atomic E-state index is -1.00. The molecule has 1 spiro atoms. The van der Waals surface area contributed by atoms with Crippen molar-refractivity contribution in [3.63, 3.8) is 0 Å². The predicted molar refractivity (Wildman–Crippen MR) is 226 cm³/mol. The molecule has 18 heteroatoms. The van der Waals surface area contributed by atoms with Gasteiger partial charge in [0.2, 0.25) is 17.8 Å². The van der Waals surface area contributed by atoms with Crippen LogP contribution >= 0.6 is 11.6 Å². The lowest BCUT2D eigenvalue weighted by Crippen LogP contribution is -2.65. The molecule has 1 aliphatic carbocycles. The maximum atomic E-state index is 13.6. The third-order valence-corrected chi connectivity index (χ3v) is 12.7. The van der Waals surface area contributed by atoms with E-state index in [0.717, 1.165) is 54.6 Å². The summed E-state index contributed by atoms with van der Waals surface area (Å²) in [4.78, 5) is 90.9. The lowest BCUT2D eigenvalue weighted by Gasteiger charge is -2.59. The van der Waals surface area contributed by atoms with E-state index in [1.807, 2.05) is 38.1 Å². The van der Waals surface area contributed by atoms with Crippen LogP contribution in [0.25, 0.3) is 10.9 Å². The van der Waals surface area contributed by atoms with Gasteiger partial charge in [0.05, 0.1) is 40.7 Å². The number of hydrogen-bond donors (Lipinski definition) is 3. The first-order valence-corrected chi connectivity index (χ1v) is 21.0. The fourth-order valence-corrected chi connectivity index (χ4v) is 9.53. The molecule has 5 amide bonds. The van der Waals surface area contributed by atoms with Crippen molar-refractivity contribution in [2.45, 2.75) is 76.7 Å². The van der Waals surface area contributed by atoms with Gasteiger partial charge in [-0.3, -0.25) is 39.0 Å². The van der Waals surface area contributed by atoms with Gasteiger partial charge in [-0.25, -0.2) is 4.98 Å². The molecule has 0 radical (unpaired) electrons. The van der Waals surface area contributed by atoms with E-state index in [1.54, 1.807) is 29.0 Å². The quantitative estimate of drug-likeness (QED) is 0.184. The zero-order valence-corrected chi connectivity index (χ0v) is 34.8. The van der Waals surface area contributed by atoms with Gasteiger partial charge in [-0.1, -0.05) is 17.7 Å². The van der Waals surface area contributed by atoms with E-state index in [2.05, 4.69) is 30.7 Å². The van der Waals surface area contributed by atoms with E-state index in [0.29, 0.717) is 46.8 Å². The van der Waals surface area contributed by atoms with E-state index in [4.69, 9.17) is 26.1 Å². The van der Waals surface area contributed by atoms with Gasteiger partial charge < -0.3 is 34.5 Å². The molecule has 318 valence electrons. The van der Waals surface area contributed by atoms with Crippen molar-refractivity contribution in [1.82, 2.24) is 30.1 Å². The van der Waals surface area contributed by atoms with E-state index >= 15 is 0 Å². The molecule has 4 fully saturated rings. The minimum Gasteiger partial charge on any atom is -0.478 e. The number of nitrogens with zero attached hydrogens (tertiary/aromatic N) is 6. The second-order valence-corrected chi connectivity index (χ2v) is 17.3. The molecular weight excluding hydrogens is 806 g/mol. The van der Waals surface area contributed by atoms with E-state index < -0.39 is 29.7 Å². The Morgan fingerprint density at radius 3 is 2.48 bits per heavy atom. The highest BCUT2D eigenvalue weighted by Crippen LogP contribution is 2.51. The maximum Gasteiger partial charge on any atom is 0.293 e. The second-order valence-electron chi connectivity index (χ2n) is 16.9. The Morgan fingerprint density at radius 1 is 0.984 bits per heavy atom. The molecule has 61 heavy (non-hydrogen) atoms. The first-order chi connectivity index (χ1) is 29.3. The number of rotatable bonds is 11. The van der Waals surface area contributed by atoms with Gasteiger partial charge in [-0.15, -0.1) is 0 Å². The molecule has 9 rings (SSSR count). The van der Waals surface area contributed by atoms with Crippen LogP contribution in [0.4, 0.5) is 23.1 Å². The molecule has 3 N–H and O–H groups in total. The number of ether oxygens (including phenoxy) is 2. The number of halogens is 1. The van der Waals surface area contributed by atoms with E-state index in [1.165, 1.54) is 7.05 Å². The van der Waals surface area contributed by atoms with Crippen LogP contribution in [-0.4, -0.2) is 107 Å². The fourth-order valence-electron chi connectivity index (χ4n) is 9.40. The van der Waals surface area contributed by atoms with Crippen molar-refractivity contribution in [3.8, 4) is 5.75 Å². The molecule has 1 atom stereocenters. The number of carbonyl (C=O) groups is 5. The zero-order chi connectivity index (χ0) is 42.7. The summed E-state index contributed by atoms with van der Waals surface area (Å²) < 4.78 is 13.8. The van der Waals surface area contributed by atoms with Crippen molar-refractivity contribution in [3.05, 3.63) is 75.2 Å². The van der Waals surface area contributed by atoms with Gasteiger partial charge in [0.15, 0.2) is 18.2 Å². The molecule has 5 aliphatic rings. The number of carbonyl (C=O) groups excluding carboxylic acids is 5. The molecule has 1 saturated carbocycles. The summed E-state index contributed by atoms with van der Waals surface area (Å²) in [5.41, 5.74) is 2.51. The van der Waals surface area contributed by atoms with Crippen molar-refractivity contribution in [2.24, 2.45) is 5.41 Å². The normalized spacial score (nSPS) is 20.2. The van der Waals surface area contributed by atoms with Crippen molar-refractivity contribution in [1.29, 1.82) is 0 Å². The summed E-state index contributed by atoms with van der Waals surface area (Å²) >= 11 is 6.58. The molecule has 1 unspecified atom stereocenters. The minimum absolute atomic E-state index is 0.0727. The molecule has 2 aromatic carbocycles. The largest absolute Gasteiger partial charge is 0.478 e. The van der Waals surface area contributed by atoms with Crippen molar-refractivity contribution in [2.75, 3.05) is 55.0 Å². The van der Waals surface area contributed by atoms with Crippen LogP contribution in [0, 0.1) is 5.41 Å². The molecule has 4 aliphatic heterocycles. The average Bonchev–Trinajstić information content (AvgIpc) is 3.47. The van der Waals surface area contributed by atoms with E-state index in [-0.39, 0.29) is 65.9 Å². The van der Waals surface area contributed by atoms with Crippen molar-refractivity contribution < 1.29 is 33.4 Å². The van der Waals surface area contributed by atoms with Gasteiger partial charge >= 0.3 is 0 Å². The van der Waals surface area contributed by atoms with Crippen LogP contribution in [0.5, 0.6) is 5.75 Å². The number of piperidine rings is 2. The second kappa shape index (κ2) is 15.8. The molecule has 2 aromatic heterocycles. The summed E-state index contributed by atoms with van der Waals surface area (Å²) in [5, 5.41) is 9.16. The smallest absolute Gasteiger partial charge is 0.293 e. The Bertz CT molecular complexity index is 2540. The summed E-state index contributed by atoms with van der Waals surface area (Å²) in [5.74, 6) is -1.28. The SMILES string of the molecule is CNC(=O)COc1cc2cc(Nc3nc(N4CC5(CC(OC6CCN(c7cccc8c7C(=O)N(C7CCC(=O)NC7=O)C8=O)CC6)C5)C4)ncc3Cl)ccc2n(C(C)C)c1=O. The number of amides is 5. The van der Waals surface area contributed by atoms with Crippen LogP contribution in [0.15, 0.2) is 53.5 Å². The van der Waals surface area contributed by atoms with Gasteiger partial charge in [-0.2, -0.15) is 4.98 Å². The number of benzene rings is 2. The van der Waals surface area contributed by atoms with E-state index in [9.17, 15) is 28.8 Å². The maximum absolute atomic E-state index is 13.6. The first kappa shape index (κ1) is 40.3. The molecule has 17 nitrogen and oxygen atoms in total. The Balaban J connectivity index is 0.786. The number of nitrogens with one attached hydrogen (secondary N) is 3. The molecule has 6 heterocycles. The molecule has 3 saturated heterocycles. The van der Waals surface area contributed by atoms with Gasteiger partial charge in [0.1, 0.15) is 11.1 Å². The van der Waals surface area contributed by atoms with Crippen LogP contribution in [0.1, 0.15) is 79.1 Å². The topological polar surface area (TPSA) is 197 Å². The van der Waals surface area contributed by atoms with Gasteiger partial charge in [-0.05, 0) is 82.3 Å². The first-order valence-electron chi connectivity index (χ1n) is 20.6. The Kier molecular flexibility index (Phi) is 10.4. The predicted octanol–water partition coefficient (Wildman–Crippen LogP) is 3.95. The number of anilines is 4. The summed E-state index contributed by atoms with van der Waals surface area (Å²) in [6.07, 6.45) is 5.42. The van der Waals surface area contributed by atoms with Crippen LogP contribution in [0.3, 0.4) is 0 Å². The lowest BCUT2D eigenvalue weighted by molar-refractivity contribution is -0.136. The third kappa shape index (κ3) is 7.43. The summed E-state index contributed by atoms with van der Waals surface area (Å²) in [7, 11) is 1.51. The number of fused-ring (bicyclic) bond motifs is 2. The number of pyridine rings is 1. The Hall–Kier alpha value is -6.07. The van der Waals surface area contributed by atoms with Crippen LogP contribution in [0.2, 0.25) is 5.02 Å². The Morgan fingerprint density at radius 2 is 1.75 bits per heavy atom. The Labute approximate surface area is 355 Å². The highest BCUT2D eigenvalue weighted by atomic mass is 35.5. The van der Waals surface area contributed by atoms with Crippen molar-refractivity contribution >= 4 is 75.2 Å². The molecule has 4 aromatic rings. The fraction of sp³-hybridized carbons (Fsp3) is 0.442. The third-order valence-electron chi connectivity index (χ3n) is 12.4. The molecular formula is C43H46ClN9O8. The lowest BCUT2D eigenvalue weighted by atomic mass is 9.62. The monoisotopic (exact) mass is 851 g/mol. The highest BCUT2D eigenvalue weighted by Gasteiger charge is 2.54. The standard InChI is InChI=1S/C43H46ClN9O8/c1-23(2)52-30-8-7-25(15-24(30)16-33(40(52)58)60-20-35(55)45-3)47-37-29(44)19-46-42(49-37)51-21-43(22-51)17-27(18-43)61-26-11-13-50(14-12-26)31-6-4-5-28-36(31)41(59)53(39(28)57)32-9-10-34(54)48-38(32)56/h4-8,15-16,19,23,26-27,32H,9-14,17-18,20-22H2,1-3H3,(H,45,55)(H,46,47,49)(H,48,54,56). The van der Waals surface area contributed by atoms with Crippen LogP contribution < -0.4 is 36.0 Å².